The van der Waals surface area contributed by atoms with Gasteiger partial charge < -0.3 is 29.4 Å². The van der Waals surface area contributed by atoms with Crippen molar-refractivity contribution < 1.29 is 43.4 Å². The Morgan fingerprint density at radius 1 is 1.14 bits per heavy atom. The standard InChI is InChI=1S/C34H48N6O11/c1-17(11-28(43)47-30-20(4)23-7-6-18(2)22-8-9-33(5)49-31(48-30)34(22,23)51-50-33)10-26(42)35-13-21-15-40(38-37-21)24-12-27(46-25(24)16-41)39-14-19(3)29(44)36-32(39)45/h14-15,17-18,20,22-25,27,30-31,41H,6-13,16H2,1-5H3,(H,35,42)(H,36,44,45)/t17?,18-,20-,22+,23+,24+,25-,27-,30-,31-,33-,34-/m1/s1. The number of aromatic nitrogens is 5. The van der Waals surface area contributed by atoms with E-state index in [1.807, 2.05) is 20.8 Å². The van der Waals surface area contributed by atoms with Gasteiger partial charge in [-0.25, -0.2) is 19.3 Å². The van der Waals surface area contributed by atoms with Gasteiger partial charge in [0.25, 0.3) is 5.56 Å². The Morgan fingerprint density at radius 2 is 1.94 bits per heavy atom. The van der Waals surface area contributed by atoms with Crippen LogP contribution in [-0.4, -0.2) is 78.2 Å². The Balaban J connectivity index is 0.901. The minimum atomic E-state index is -0.925. The number of nitrogens with one attached hydrogen (secondary N) is 2. The molecule has 1 aliphatic carbocycles. The number of hydrogen-bond acceptors (Lipinski definition) is 13. The highest BCUT2D eigenvalue weighted by molar-refractivity contribution is 5.77. The number of H-pyrrole nitrogens is 1. The van der Waals surface area contributed by atoms with Crippen LogP contribution in [0.4, 0.5) is 0 Å². The van der Waals surface area contributed by atoms with Crippen LogP contribution in [0, 0.1) is 36.5 Å². The second kappa shape index (κ2) is 13.8. The van der Waals surface area contributed by atoms with Crippen molar-refractivity contribution in [2.75, 3.05) is 6.61 Å². The second-order valence-corrected chi connectivity index (χ2v) is 15.3. The number of esters is 1. The monoisotopic (exact) mass is 716 g/mol. The lowest BCUT2D eigenvalue weighted by Crippen LogP contribution is -2.70. The summed E-state index contributed by atoms with van der Waals surface area (Å²) in [7, 11) is 0. The number of amides is 1. The Bertz CT molecular complexity index is 1740. The van der Waals surface area contributed by atoms with Gasteiger partial charge in [0.2, 0.25) is 18.0 Å². The minimum absolute atomic E-state index is 0.0256. The molecule has 5 aliphatic heterocycles. The lowest BCUT2D eigenvalue weighted by atomic mass is 9.58. The van der Waals surface area contributed by atoms with E-state index in [0.29, 0.717) is 30.0 Å². The summed E-state index contributed by atoms with van der Waals surface area (Å²) in [6.07, 6.45) is 4.07. The van der Waals surface area contributed by atoms with Gasteiger partial charge in [-0.2, -0.15) is 0 Å². The van der Waals surface area contributed by atoms with E-state index in [2.05, 4.69) is 27.5 Å². The SMILES string of the molecule is Cc1cn([C@H]2C[C@H](n3cc(CNC(=O)CC(C)CC(=O)O[C@@H]4O[C@@H]5O[C@@]6(C)CC[C@H]7[C@H](C)CC[C@@H]([C@H]4C)[C@@]57OO6)nn3)[C@@H](CO)O2)c(=O)[nH]c1=O. The van der Waals surface area contributed by atoms with Gasteiger partial charge in [0, 0.05) is 49.3 Å². The summed E-state index contributed by atoms with van der Waals surface area (Å²) >= 11 is 0. The van der Waals surface area contributed by atoms with Crippen molar-refractivity contribution in [2.45, 2.75) is 128 Å². The molecule has 17 heteroatoms. The molecule has 6 fully saturated rings. The number of carbonyl (C=O) groups excluding carboxylic acids is 2. The molecule has 0 aromatic carbocycles. The Hall–Kier alpha value is -3.48. The molecule has 2 aromatic heterocycles. The van der Waals surface area contributed by atoms with Crippen molar-refractivity contribution in [3.63, 3.8) is 0 Å². The first kappa shape index (κ1) is 35.9. The third-order valence-corrected chi connectivity index (χ3v) is 11.6. The van der Waals surface area contributed by atoms with Crippen molar-refractivity contribution in [3.8, 4) is 0 Å². The number of nitrogens with zero attached hydrogens (tertiary/aromatic N) is 4. The molecule has 2 bridgehead atoms. The van der Waals surface area contributed by atoms with E-state index in [4.69, 9.17) is 28.7 Å². The zero-order valence-electron chi connectivity index (χ0n) is 29.6. The Kier molecular flexibility index (Phi) is 9.73. The first-order valence-electron chi connectivity index (χ1n) is 18.0. The molecule has 7 heterocycles. The van der Waals surface area contributed by atoms with Gasteiger partial charge in [-0.15, -0.1) is 5.10 Å². The largest absolute Gasteiger partial charge is 0.435 e. The van der Waals surface area contributed by atoms with E-state index in [9.17, 15) is 24.3 Å². The molecule has 1 saturated carbocycles. The molecule has 12 atom stereocenters. The van der Waals surface area contributed by atoms with Crippen LogP contribution in [0.5, 0.6) is 0 Å². The molecule has 3 N–H and O–H groups in total. The van der Waals surface area contributed by atoms with Crippen LogP contribution in [0.25, 0.3) is 0 Å². The third-order valence-electron chi connectivity index (χ3n) is 11.6. The number of ether oxygens (including phenoxy) is 4. The lowest BCUT2D eigenvalue weighted by Gasteiger charge is -2.59. The third kappa shape index (κ3) is 6.68. The number of fused-ring (bicyclic) bond motifs is 2. The molecule has 280 valence electrons. The van der Waals surface area contributed by atoms with Gasteiger partial charge in [-0.1, -0.05) is 26.0 Å². The van der Waals surface area contributed by atoms with Crippen molar-refractivity contribution in [1.82, 2.24) is 29.9 Å². The molecule has 6 aliphatic rings. The molecule has 8 rings (SSSR count). The average Bonchev–Trinajstić information content (AvgIpc) is 3.67. The molecule has 51 heavy (non-hydrogen) atoms. The second-order valence-electron chi connectivity index (χ2n) is 15.3. The maximum Gasteiger partial charge on any atom is 0.330 e. The maximum atomic E-state index is 13.1. The van der Waals surface area contributed by atoms with Crippen LogP contribution < -0.4 is 16.6 Å². The topological polar surface area (TPSA) is 207 Å². The fourth-order valence-corrected chi connectivity index (χ4v) is 8.80. The lowest BCUT2D eigenvalue weighted by molar-refractivity contribution is -0.576. The number of rotatable bonds is 10. The number of aromatic amines is 1. The summed E-state index contributed by atoms with van der Waals surface area (Å²) in [5, 5.41) is 21.1. The van der Waals surface area contributed by atoms with Crippen LogP contribution in [0.2, 0.25) is 0 Å². The fourth-order valence-electron chi connectivity index (χ4n) is 8.80. The first-order chi connectivity index (χ1) is 24.3. The molecule has 2 aromatic rings. The van der Waals surface area contributed by atoms with Gasteiger partial charge in [0.05, 0.1) is 25.4 Å². The number of hydrogen-bond donors (Lipinski definition) is 3. The van der Waals surface area contributed by atoms with E-state index >= 15 is 0 Å². The minimum Gasteiger partial charge on any atom is -0.435 e. The van der Waals surface area contributed by atoms with E-state index in [0.717, 1.165) is 19.3 Å². The Labute approximate surface area is 294 Å². The van der Waals surface area contributed by atoms with Crippen LogP contribution >= 0.6 is 0 Å². The van der Waals surface area contributed by atoms with Crippen LogP contribution in [0.15, 0.2) is 22.0 Å². The van der Waals surface area contributed by atoms with Crippen molar-refractivity contribution in [1.29, 1.82) is 0 Å². The summed E-state index contributed by atoms with van der Waals surface area (Å²) in [6, 6.07) is -0.445. The van der Waals surface area contributed by atoms with Gasteiger partial charge in [0.1, 0.15) is 18.0 Å². The van der Waals surface area contributed by atoms with Gasteiger partial charge >= 0.3 is 11.7 Å². The van der Waals surface area contributed by atoms with E-state index in [1.54, 1.807) is 17.8 Å². The highest BCUT2D eigenvalue weighted by atomic mass is 17.3. The van der Waals surface area contributed by atoms with Crippen molar-refractivity contribution >= 4 is 11.9 Å². The van der Waals surface area contributed by atoms with E-state index in [-0.39, 0.29) is 55.6 Å². The van der Waals surface area contributed by atoms with E-state index < -0.39 is 59.6 Å². The Morgan fingerprint density at radius 3 is 2.73 bits per heavy atom. The van der Waals surface area contributed by atoms with Crippen molar-refractivity contribution in [3.05, 3.63) is 44.5 Å². The number of aliphatic hydroxyl groups excluding tert-OH is 1. The van der Waals surface area contributed by atoms with Crippen molar-refractivity contribution in [2.24, 2.45) is 29.6 Å². The number of aliphatic hydroxyl groups is 1. The summed E-state index contributed by atoms with van der Waals surface area (Å²) in [4.78, 5) is 64.4. The highest BCUT2D eigenvalue weighted by Crippen LogP contribution is 2.60. The van der Waals surface area contributed by atoms with Crippen LogP contribution in [0.3, 0.4) is 0 Å². The summed E-state index contributed by atoms with van der Waals surface area (Å²) in [5.74, 6) is -1.44. The van der Waals surface area contributed by atoms with Gasteiger partial charge in [-0.3, -0.25) is 23.9 Å². The molecule has 1 amide bonds. The zero-order valence-corrected chi connectivity index (χ0v) is 29.6. The molecule has 17 nitrogen and oxygen atoms in total. The number of carbonyl (C=O) groups is 2. The smallest absolute Gasteiger partial charge is 0.330 e. The van der Waals surface area contributed by atoms with Crippen LogP contribution in [-0.2, 0) is 44.9 Å². The van der Waals surface area contributed by atoms with Crippen LogP contribution in [0.1, 0.15) is 96.2 Å². The highest BCUT2D eigenvalue weighted by Gasteiger charge is 2.69. The molecular weight excluding hydrogens is 668 g/mol. The molecule has 0 radical (unpaired) electrons. The summed E-state index contributed by atoms with van der Waals surface area (Å²) in [6.45, 7) is 9.28. The molecule has 1 spiro atoms. The first-order valence-corrected chi connectivity index (χ1v) is 18.0. The predicted octanol–water partition coefficient (Wildman–Crippen LogP) is 1.74. The molecular formula is C34H48N6O11. The van der Waals surface area contributed by atoms with Gasteiger partial charge in [-0.05, 0) is 50.9 Å². The average molecular weight is 717 g/mol. The summed E-state index contributed by atoms with van der Waals surface area (Å²) in [5.41, 5.74) is -0.999. The van der Waals surface area contributed by atoms with E-state index in [1.165, 1.54) is 10.8 Å². The van der Waals surface area contributed by atoms with Gasteiger partial charge in [0.15, 0.2) is 11.9 Å². The zero-order chi connectivity index (χ0) is 36.2. The quantitative estimate of drug-likeness (QED) is 0.237. The normalized spacial score (nSPS) is 37.7. The fraction of sp³-hybridized carbons (Fsp3) is 0.765. The summed E-state index contributed by atoms with van der Waals surface area (Å²) < 4.78 is 27.3. The number of aryl methyl sites for hydroxylation is 1. The maximum absolute atomic E-state index is 13.1. The molecule has 1 unspecified atom stereocenters. The molecule has 5 saturated heterocycles. The predicted molar refractivity (Wildman–Crippen MR) is 174 cm³/mol.